The van der Waals surface area contributed by atoms with Gasteiger partial charge in [-0.05, 0) is 226 Å². The predicted octanol–water partition coefficient (Wildman–Crippen LogP) is 28.8. The lowest BCUT2D eigenvalue weighted by molar-refractivity contribution is 0.0127. The Hall–Kier alpha value is -7.14. The molecule has 1 atom stereocenters. The van der Waals surface area contributed by atoms with Gasteiger partial charge < -0.3 is 0 Å². The zero-order chi connectivity index (χ0) is 83.2. The molecule has 7 aromatic heterocycles. The molecule has 9 aromatic rings. The van der Waals surface area contributed by atoms with Gasteiger partial charge in [0.05, 0.1) is 5.69 Å². The van der Waals surface area contributed by atoms with E-state index in [1.807, 2.05) is 110 Å². The van der Waals surface area contributed by atoms with Crippen molar-refractivity contribution in [2.24, 2.45) is 0 Å². The van der Waals surface area contributed by atoms with Gasteiger partial charge in [0.15, 0.2) is 0 Å². The van der Waals surface area contributed by atoms with Crippen LogP contribution in [0.15, 0.2) is 165 Å². The Morgan fingerprint density at radius 2 is 0.556 bits per heavy atom. The zero-order valence-electron chi connectivity index (χ0n) is 73.2. The summed E-state index contributed by atoms with van der Waals surface area (Å²) < 4.78 is 38.4. The maximum absolute atomic E-state index is 12.8. The standard InChI is InChI=1S/C12H17N.2C11H15Cl.C11H15F2N.C11H16FN.4C10H15N/c1-12(2,3)10-6-7-11(13-8-10)9-4-5-9;2*1-8-6-5-7-9(12)10(8)11(2,3)4;1-10(2,3)8-5-6-9(14-7-8)11(4,12)13;1-8(12)10-6-5-9(7-13-10)11(2,3)4;4*1-8-5-6-9(7-11-8)10(2,3)4/h6-9H,4-5H2,1-3H3;2*5-7H,1-4H3;5-7H,1-4H3;5-8H,1-4H3;4*5-7H,1-4H3. The first kappa shape index (κ1) is 96.9. The van der Waals surface area contributed by atoms with Gasteiger partial charge in [0.2, 0.25) is 0 Å². The van der Waals surface area contributed by atoms with Crippen molar-refractivity contribution in [1.29, 1.82) is 0 Å². The highest BCUT2D eigenvalue weighted by atomic mass is 35.5. The van der Waals surface area contributed by atoms with Crippen LogP contribution in [-0.4, -0.2) is 34.9 Å². The zero-order valence-corrected chi connectivity index (χ0v) is 74.7. The molecule has 0 radical (unpaired) electrons. The molecule has 0 spiro atoms. The number of rotatable bonds is 3. The van der Waals surface area contributed by atoms with Gasteiger partial charge >= 0.3 is 0 Å². The number of aromatic nitrogens is 7. The highest BCUT2D eigenvalue weighted by molar-refractivity contribution is 6.32. The van der Waals surface area contributed by atoms with E-state index in [9.17, 15) is 13.2 Å². The van der Waals surface area contributed by atoms with E-state index < -0.39 is 12.1 Å². The highest BCUT2D eigenvalue weighted by Gasteiger charge is 2.28. The van der Waals surface area contributed by atoms with Gasteiger partial charge in [-0.25, -0.2) is 4.39 Å². The molecule has 1 unspecified atom stereocenters. The number of halogens is 5. The van der Waals surface area contributed by atoms with Crippen LogP contribution in [0.4, 0.5) is 13.2 Å². The average molecular weight is 1520 g/mol. The van der Waals surface area contributed by atoms with Crippen molar-refractivity contribution >= 4 is 23.2 Å². The molecule has 7 nitrogen and oxygen atoms in total. The summed E-state index contributed by atoms with van der Waals surface area (Å²) in [5.41, 5.74) is 21.1. The van der Waals surface area contributed by atoms with Crippen molar-refractivity contribution in [1.82, 2.24) is 34.9 Å². The number of hydrogen-bond donors (Lipinski definition) is 0. The second-order valence-corrected chi connectivity index (χ2v) is 38.8. The molecule has 12 heteroatoms. The second-order valence-electron chi connectivity index (χ2n) is 38.0. The molecule has 0 saturated heterocycles. The van der Waals surface area contributed by atoms with Gasteiger partial charge in [-0.2, -0.15) is 8.78 Å². The van der Waals surface area contributed by atoms with Crippen molar-refractivity contribution in [2.45, 2.75) is 322 Å². The Labute approximate surface area is 664 Å². The number of alkyl halides is 3. The molecular weight excluding hydrogens is 1380 g/mol. The van der Waals surface area contributed by atoms with Crippen LogP contribution in [0.3, 0.4) is 0 Å². The molecule has 1 aliphatic rings. The van der Waals surface area contributed by atoms with E-state index in [-0.39, 0.29) is 54.4 Å². The minimum absolute atomic E-state index is 0.0471. The lowest BCUT2D eigenvalue weighted by atomic mass is 9.84. The van der Waals surface area contributed by atoms with Crippen LogP contribution in [0.2, 0.25) is 10.0 Å². The molecule has 1 aliphatic carbocycles. The van der Waals surface area contributed by atoms with Crippen molar-refractivity contribution < 1.29 is 13.2 Å². The number of aryl methyl sites for hydroxylation is 6. The van der Waals surface area contributed by atoms with Gasteiger partial charge in [-0.1, -0.05) is 277 Å². The summed E-state index contributed by atoms with van der Waals surface area (Å²) in [4.78, 5) is 29.3. The van der Waals surface area contributed by atoms with E-state index in [0.717, 1.165) is 56.8 Å². The summed E-state index contributed by atoms with van der Waals surface area (Å²) in [6.07, 6.45) is 14.8. The lowest BCUT2D eigenvalue weighted by Gasteiger charge is -2.22. The van der Waals surface area contributed by atoms with E-state index in [2.05, 4.69) is 288 Å². The summed E-state index contributed by atoms with van der Waals surface area (Å²) in [5.74, 6) is -2.08. The molecule has 0 amide bonds. The maximum atomic E-state index is 12.8. The Kier molecular flexibility index (Phi) is 36.5. The van der Waals surface area contributed by atoms with Gasteiger partial charge in [-0.3, -0.25) is 34.9 Å². The molecule has 0 N–H and O–H groups in total. The molecule has 0 aliphatic heterocycles. The summed E-state index contributed by atoms with van der Waals surface area (Å²) in [6.45, 7) is 73.1. The monoisotopic (exact) mass is 1520 g/mol. The molecule has 10 rings (SSSR count). The fourth-order valence-corrected chi connectivity index (χ4v) is 11.5. The lowest BCUT2D eigenvalue weighted by Crippen LogP contribution is -2.14. The third-order valence-corrected chi connectivity index (χ3v) is 18.5. The third-order valence-electron chi connectivity index (χ3n) is 17.8. The molecular formula is C96H138Cl2F3N7. The van der Waals surface area contributed by atoms with Crippen LogP contribution in [0, 0.1) is 41.5 Å². The van der Waals surface area contributed by atoms with Crippen LogP contribution in [-0.2, 0) is 54.7 Å². The molecule has 2 aromatic carbocycles. The first-order valence-corrected chi connectivity index (χ1v) is 39.0. The van der Waals surface area contributed by atoms with E-state index in [4.69, 9.17) is 23.2 Å². The van der Waals surface area contributed by atoms with E-state index >= 15 is 0 Å². The summed E-state index contributed by atoms with van der Waals surface area (Å²) in [7, 11) is 0. The molecule has 108 heavy (non-hydrogen) atoms. The van der Waals surface area contributed by atoms with Crippen LogP contribution in [0.25, 0.3) is 0 Å². The number of benzene rings is 2. The van der Waals surface area contributed by atoms with Crippen LogP contribution >= 0.6 is 23.2 Å². The highest BCUT2D eigenvalue weighted by Crippen LogP contribution is 2.40. The van der Waals surface area contributed by atoms with Gasteiger partial charge in [0.1, 0.15) is 11.9 Å². The molecule has 1 fully saturated rings. The number of nitrogens with zero attached hydrogens (tertiary/aromatic N) is 7. The first-order valence-electron chi connectivity index (χ1n) is 38.2. The Morgan fingerprint density at radius 1 is 0.306 bits per heavy atom. The maximum Gasteiger partial charge on any atom is 0.286 e. The minimum atomic E-state index is -2.85. The fourth-order valence-electron chi connectivity index (χ4n) is 10.5. The SMILES string of the molecule is CC(C)(C)c1ccc(C(C)(F)F)nc1.CC(C)(C)c1ccc(C2CC2)nc1.CC(F)c1ccc(C(C)(C)C)cn1.Cc1ccc(C(C)(C)C)cn1.Cc1ccc(C(C)(C)C)cn1.Cc1ccc(C(C)(C)C)cn1.Cc1ccc(C(C)(C)C)cn1.Cc1cccc(Cl)c1C(C)(C)C.Cc1cccc(Cl)c1C(C)(C)C. The Morgan fingerprint density at radius 3 is 0.722 bits per heavy atom. The molecule has 1 saturated carbocycles. The van der Waals surface area contributed by atoms with Gasteiger partial charge in [-0.15, -0.1) is 0 Å². The summed E-state index contributed by atoms with van der Waals surface area (Å²) >= 11 is 12.2. The summed E-state index contributed by atoms with van der Waals surface area (Å²) in [5, 5.41) is 1.75. The van der Waals surface area contributed by atoms with E-state index in [1.54, 1.807) is 18.3 Å². The largest absolute Gasteiger partial charge is 0.286 e. The van der Waals surface area contributed by atoms with Crippen LogP contribution in [0.1, 0.15) is 327 Å². The topological polar surface area (TPSA) is 90.2 Å². The Bertz CT molecular complexity index is 3640. The third kappa shape index (κ3) is 36.1. The molecule has 7 heterocycles. The van der Waals surface area contributed by atoms with Gasteiger partial charge in [0, 0.05) is 94.7 Å². The second kappa shape index (κ2) is 40.7. The van der Waals surface area contributed by atoms with Crippen molar-refractivity contribution in [3.8, 4) is 0 Å². The fraction of sp³-hybridized carbons (Fsp3) is 0.510. The smallest absolute Gasteiger partial charge is 0.261 e. The van der Waals surface area contributed by atoms with Gasteiger partial charge in [0.25, 0.3) is 5.92 Å². The number of pyridine rings is 7. The summed E-state index contributed by atoms with van der Waals surface area (Å²) in [6, 6.07) is 40.1. The number of hydrogen-bond acceptors (Lipinski definition) is 7. The average Bonchev–Trinajstić information content (AvgIpc) is 1.26. The van der Waals surface area contributed by atoms with Crippen molar-refractivity contribution in [3.63, 3.8) is 0 Å². The quantitative estimate of drug-likeness (QED) is 0.174. The normalized spacial score (nSPS) is 12.9. The molecule has 0 bridgehead atoms. The van der Waals surface area contributed by atoms with Crippen molar-refractivity contribution in [2.75, 3.05) is 0 Å². The molecule has 592 valence electrons. The van der Waals surface area contributed by atoms with Crippen LogP contribution in [0.5, 0.6) is 0 Å². The van der Waals surface area contributed by atoms with E-state index in [0.29, 0.717) is 5.69 Å². The first-order chi connectivity index (χ1) is 49.0. The van der Waals surface area contributed by atoms with E-state index in [1.165, 1.54) is 87.8 Å². The predicted molar refractivity (Wildman–Crippen MR) is 460 cm³/mol. The minimum Gasteiger partial charge on any atom is -0.261 e. The Balaban J connectivity index is 0.000000413. The van der Waals surface area contributed by atoms with Crippen molar-refractivity contribution in [3.05, 3.63) is 276 Å². The van der Waals surface area contributed by atoms with Crippen LogP contribution < -0.4 is 0 Å².